The van der Waals surface area contributed by atoms with Gasteiger partial charge in [-0.25, -0.2) is 0 Å². The number of hydrogen-bond donors (Lipinski definition) is 2. The highest BCUT2D eigenvalue weighted by atomic mass is 35.5. The van der Waals surface area contributed by atoms with E-state index in [2.05, 4.69) is 10.4 Å². The van der Waals surface area contributed by atoms with Gasteiger partial charge >= 0.3 is 6.18 Å². The molecule has 0 aliphatic carbocycles. The predicted molar refractivity (Wildman–Crippen MR) is 102 cm³/mol. The van der Waals surface area contributed by atoms with Gasteiger partial charge in [0.25, 0.3) is 5.56 Å². The molecule has 0 spiro atoms. The topological polar surface area (TPSA) is 67.2 Å². The van der Waals surface area contributed by atoms with Gasteiger partial charge in [-0.3, -0.25) is 4.79 Å². The first kappa shape index (κ1) is 20.4. The summed E-state index contributed by atoms with van der Waals surface area (Å²) < 4.78 is 39.5. The Kier molecular flexibility index (Phi) is 5.51. The third kappa shape index (κ3) is 4.21. The number of alkyl halides is 3. The van der Waals surface area contributed by atoms with Gasteiger partial charge in [0.15, 0.2) is 0 Å². The maximum atomic E-state index is 12.9. The van der Waals surface area contributed by atoms with E-state index in [-0.39, 0.29) is 22.9 Å². The van der Waals surface area contributed by atoms with Crippen LogP contribution in [-0.2, 0) is 11.8 Å². The molecule has 148 valence electrons. The lowest BCUT2D eigenvalue weighted by atomic mass is 9.99. The van der Waals surface area contributed by atoms with Crippen LogP contribution in [0.3, 0.4) is 0 Å². The van der Waals surface area contributed by atoms with Crippen LogP contribution in [-0.4, -0.2) is 21.4 Å². The standard InChI is InChI=1S/C18H15ClF3N3O2S/c1-17(27,12-5-6-28-9-12)10-23-14-8-24-25(16(26)15(14)19)13-4-2-3-11(7-13)18(20,21)22/h2-9,23,27H,10H2,1H3. The van der Waals surface area contributed by atoms with E-state index in [0.29, 0.717) is 5.56 Å². The lowest BCUT2D eigenvalue weighted by Gasteiger charge is -2.23. The van der Waals surface area contributed by atoms with Crippen molar-refractivity contribution in [3.8, 4) is 5.69 Å². The van der Waals surface area contributed by atoms with Gasteiger partial charge in [0.1, 0.15) is 10.6 Å². The molecule has 5 nitrogen and oxygen atoms in total. The van der Waals surface area contributed by atoms with Crippen molar-refractivity contribution in [3.63, 3.8) is 0 Å². The smallest absolute Gasteiger partial charge is 0.384 e. The van der Waals surface area contributed by atoms with E-state index < -0.39 is 22.9 Å². The molecule has 0 radical (unpaired) electrons. The fourth-order valence-electron chi connectivity index (χ4n) is 2.49. The molecule has 10 heteroatoms. The number of nitrogens with zero attached hydrogens (tertiary/aromatic N) is 2. The summed E-state index contributed by atoms with van der Waals surface area (Å²) in [4.78, 5) is 12.5. The number of rotatable bonds is 5. The second kappa shape index (κ2) is 7.57. The zero-order valence-corrected chi connectivity index (χ0v) is 16.1. The third-order valence-corrected chi connectivity index (χ3v) is 5.15. The number of aromatic nitrogens is 2. The van der Waals surface area contributed by atoms with Crippen molar-refractivity contribution < 1.29 is 18.3 Å². The summed E-state index contributed by atoms with van der Waals surface area (Å²) in [6, 6.07) is 6.01. The highest BCUT2D eigenvalue weighted by Gasteiger charge is 2.31. The minimum atomic E-state index is -4.54. The van der Waals surface area contributed by atoms with Gasteiger partial charge in [-0.15, -0.1) is 0 Å². The van der Waals surface area contributed by atoms with E-state index in [9.17, 15) is 23.1 Å². The van der Waals surface area contributed by atoms with Crippen molar-refractivity contribution in [2.24, 2.45) is 0 Å². The first-order valence-electron chi connectivity index (χ1n) is 8.04. The van der Waals surface area contributed by atoms with E-state index in [0.717, 1.165) is 16.8 Å². The van der Waals surface area contributed by atoms with Crippen LogP contribution in [0.15, 0.2) is 52.1 Å². The Morgan fingerprint density at radius 1 is 1.29 bits per heavy atom. The molecule has 0 aliphatic rings. The van der Waals surface area contributed by atoms with Gasteiger partial charge < -0.3 is 10.4 Å². The van der Waals surface area contributed by atoms with Gasteiger partial charge in [0.05, 0.1) is 23.1 Å². The number of nitrogens with one attached hydrogen (secondary N) is 1. The molecule has 1 atom stereocenters. The van der Waals surface area contributed by atoms with Crippen LogP contribution in [0.5, 0.6) is 0 Å². The minimum Gasteiger partial charge on any atom is -0.384 e. The molecular formula is C18H15ClF3N3O2S. The van der Waals surface area contributed by atoms with Crippen molar-refractivity contribution >= 4 is 28.6 Å². The van der Waals surface area contributed by atoms with E-state index in [1.165, 1.54) is 29.7 Å². The Bertz CT molecular complexity index is 1030. The molecule has 0 fully saturated rings. The lowest BCUT2D eigenvalue weighted by Crippen LogP contribution is -2.31. The molecule has 0 saturated carbocycles. The van der Waals surface area contributed by atoms with Crippen molar-refractivity contribution in [2.75, 3.05) is 11.9 Å². The lowest BCUT2D eigenvalue weighted by molar-refractivity contribution is -0.137. The molecule has 0 aliphatic heterocycles. The van der Waals surface area contributed by atoms with Gasteiger partial charge in [-0.1, -0.05) is 17.7 Å². The molecule has 28 heavy (non-hydrogen) atoms. The average Bonchev–Trinajstić information content (AvgIpc) is 3.18. The number of benzene rings is 1. The van der Waals surface area contributed by atoms with Crippen molar-refractivity contribution in [3.05, 3.63) is 73.8 Å². The van der Waals surface area contributed by atoms with Crippen LogP contribution in [0.1, 0.15) is 18.1 Å². The first-order chi connectivity index (χ1) is 13.1. The molecule has 2 N–H and O–H groups in total. The molecule has 2 heterocycles. The number of aliphatic hydroxyl groups is 1. The normalized spacial score (nSPS) is 13.9. The summed E-state index contributed by atoms with van der Waals surface area (Å²) >= 11 is 7.53. The van der Waals surface area contributed by atoms with Gasteiger partial charge in [-0.05, 0) is 47.5 Å². The second-order valence-electron chi connectivity index (χ2n) is 6.28. The Balaban J connectivity index is 1.87. The van der Waals surface area contributed by atoms with Crippen molar-refractivity contribution in [1.82, 2.24) is 9.78 Å². The zero-order valence-electron chi connectivity index (χ0n) is 14.5. The average molecular weight is 430 g/mol. The summed E-state index contributed by atoms with van der Waals surface area (Å²) in [6.07, 6.45) is -3.31. The van der Waals surface area contributed by atoms with Gasteiger partial charge in [0.2, 0.25) is 0 Å². The number of thiophene rings is 1. The molecule has 0 saturated heterocycles. The molecule has 3 rings (SSSR count). The van der Waals surface area contributed by atoms with E-state index >= 15 is 0 Å². The maximum absolute atomic E-state index is 12.9. The Morgan fingerprint density at radius 2 is 2.04 bits per heavy atom. The fraction of sp³-hybridized carbons (Fsp3) is 0.222. The Morgan fingerprint density at radius 3 is 2.68 bits per heavy atom. The van der Waals surface area contributed by atoms with E-state index in [1.807, 2.05) is 5.38 Å². The quantitative estimate of drug-likeness (QED) is 0.635. The molecule has 2 aromatic heterocycles. The molecular weight excluding hydrogens is 415 g/mol. The predicted octanol–water partition coefficient (Wildman–Crippen LogP) is 4.29. The molecule has 0 bridgehead atoms. The van der Waals surface area contributed by atoms with Crippen LogP contribution < -0.4 is 10.9 Å². The van der Waals surface area contributed by atoms with Crippen LogP contribution in [0.4, 0.5) is 18.9 Å². The van der Waals surface area contributed by atoms with Crippen LogP contribution in [0.25, 0.3) is 5.69 Å². The number of anilines is 1. The summed E-state index contributed by atoms with van der Waals surface area (Å²) in [7, 11) is 0. The van der Waals surface area contributed by atoms with Crippen LogP contribution >= 0.6 is 22.9 Å². The highest BCUT2D eigenvalue weighted by Crippen LogP contribution is 2.30. The summed E-state index contributed by atoms with van der Waals surface area (Å²) in [5, 5.41) is 20.7. The second-order valence-corrected chi connectivity index (χ2v) is 7.43. The fourth-order valence-corrected chi connectivity index (χ4v) is 3.47. The number of hydrogen-bond acceptors (Lipinski definition) is 5. The van der Waals surface area contributed by atoms with Gasteiger partial charge in [-0.2, -0.15) is 34.3 Å². The molecule has 3 aromatic rings. The first-order valence-corrected chi connectivity index (χ1v) is 9.36. The highest BCUT2D eigenvalue weighted by molar-refractivity contribution is 7.08. The van der Waals surface area contributed by atoms with Crippen LogP contribution in [0.2, 0.25) is 5.02 Å². The van der Waals surface area contributed by atoms with Gasteiger partial charge in [0, 0.05) is 6.54 Å². The summed E-state index contributed by atoms with van der Waals surface area (Å²) in [5.41, 5.74) is -2.07. The molecule has 1 aromatic carbocycles. The van der Waals surface area contributed by atoms with E-state index in [1.54, 1.807) is 18.4 Å². The summed E-state index contributed by atoms with van der Waals surface area (Å²) in [6.45, 7) is 1.66. The SMILES string of the molecule is CC(O)(CNc1cnn(-c2cccc(C(F)(F)F)c2)c(=O)c1Cl)c1ccsc1. The third-order valence-electron chi connectivity index (χ3n) is 4.10. The largest absolute Gasteiger partial charge is 0.416 e. The minimum absolute atomic E-state index is 0.0537. The molecule has 0 amide bonds. The maximum Gasteiger partial charge on any atom is 0.416 e. The Hall–Kier alpha value is -2.36. The van der Waals surface area contributed by atoms with E-state index in [4.69, 9.17) is 11.6 Å². The molecule has 1 unspecified atom stereocenters. The Labute approximate surface area is 167 Å². The van der Waals surface area contributed by atoms with Crippen LogP contribution in [0, 0.1) is 0 Å². The van der Waals surface area contributed by atoms with Crippen molar-refractivity contribution in [1.29, 1.82) is 0 Å². The monoisotopic (exact) mass is 429 g/mol. The zero-order chi connectivity index (χ0) is 20.5. The number of halogens is 4. The summed E-state index contributed by atoms with van der Waals surface area (Å²) in [5.74, 6) is 0. The van der Waals surface area contributed by atoms with Crippen molar-refractivity contribution in [2.45, 2.75) is 18.7 Å².